The fraction of sp³-hybridized carbons (Fsp3) is 0.364. The van der Waals surface area contributed by atoms with E-state index in [-0.39, 0.29) is 10.2 Å². The third-order valence-corrected chi connectivity index (χ3v) is 6.73. The maximum atomic E-state index is 13.8. The highest BCUT2D eigenvalue weighted by molar-refractivity contribution is 7.20. The monoisotopic (exact) mass is 513 g/mol. The van der Waals surface area contributed by atoms with Gasteiger partial charge in [-0.1, -0.05) is 34.5 Å². The molecule has 11 heteroatoms. The molecule has 1 saturated heterocycles. The normalized spacial score (nSPS) is 15.4. The van der Waals surface area contributed by atoms with Gasteiger partial charge in [0.25, 0.3) is 5.19 Å². The molecule has 0 aliphatic carbocycles. The van der Waals surface area contributed by atoms with Crippen LogP contribution in [0, 0.1) is 5.82 Å². The summed E-state index contributed by atoms with van der Waals surface area (Å²) < 4.78 is 31.2. The zero-order chi connectivity index (χ0) is 23.4. The Morgan fingerprint density at radius 2 is 2.09 bits per heavy atom. The molecule has 1 N–H and O–H groups in total. The van der Waals surface area contributed by atoms with Crippen LogP contribution in [0.3, 0.4) is 0 Å². The SMILES string of the molecule is CC(Oc1ccc2nc(OC(=O)NCCN3CCOCC3)sc2c1)c1c(Cl)ccc(F)c1Cl. The molecule has 1 amide bonds. The third kappa shape index (κ3) is 6.04. The van der Waals surface area contributed by atoms with Crippen LogP contribution in [0.15, 0.2) is 30.3 Å². The second-order valence-electron chi connectivity index (χ2n) is 7.40. The quantitative estimate of drug-likeness (QED) is 0.432. The van der Waals surface area contributed by atoms with E-state index >= 15 is 0 Å². The number of thiazole rings is 1. The molecule has 176 valence electrons. The first-order chi connectivity index (χ1) is 15.9. The summed E-state index contributed by atoms with van der Waals surface area (Å²) >= 11 is 13.5. The van der Waals surface area contributed by atoms with Gasteiger partial charge >= 0.3 is 6.09 Å². The summed E-state index contributed by atoms with van der Waals surface area (Å²) in [4.78, 5) is 18.6. The first-order valence-corrected chi connectivity index (χ1v) is 11.9. The van der Waals surface area contributed by atoms with Gasteiger partial charge in [0.2, 0.25) is 0 Å². The number of ether oxygens (including phenoxy) is 3. The standard InChI is InChI=1S/C22H22Cl2FN3O4S/c1-13(19-15(23)3-4-16(25)20(19)24)31-14-2-5-17-18(12-14)33-22(27-17)32-21(29)26-6-7-28-8-10-30-11-9-28/h2-5,12-13H,6-11H2,1H3,(H,26,29). The maximum Gasteiger partial charge on any atom is 0.414 e. The van der Waals surface area contributed by atoms with E-state index in [1.807, 2.05) is 0 Å². The predicted octanol–water partition coefficient (Wildman–Crippen LogP) is 5.30. The van der Waals surface area contributed by atoms with Gasteiger partial charge < -0.3 is 19.5 Å². The van der Waals surface area contributed by atoms with Crippen molar-refractivity contribution in [3.63, 3.8) is 0 Å². The maximum absolute atomic E-state index is 13.8. The molecule has 0 bridgehead atoms. The van der Waals surface area contributed by atoms with Crippen molar-refractivity contribution in [2.24, 2.45) is 0 Å². The number of hydrogen-bond donors (Lipinski definition) is 1. The highest BCUT2D eigenvalue weighted by atomic mass is 35.5. The molecule has 0 saturated carbocycles. The topological polar surface area (TPSA) is 72.9 Å². The molecule has 1 fully saturated rings. The largest absolute Gasteiger partial charge is 0.486 e. The molecule has 1 aliphatic heterocycles. The van der Waals surface area contributed by atoms with E-state index in [2.05, 4.69) is 15.2 Å². The summed E-state index contributed by atoms with van der Waals surface area (Å²) in [6.45, 7) is 6.08. The van der Waals surface area contributed by atoms with Gasteiger partial charge in [0.15, 0.2) is 0 Å². The number of aromatic nitrogens is 1. The zero-order valence-electron chi connectivity index (χ0n) is 17.8. The lowest BCUT2D eigenvalue weighted by molar-refractivity contribution is 0.0385. The Labute approximate surface area is 204 Å². The first-order valence-electron chi connectivity index (χ1n) is 10.4. The third-order valence-electron chi connectivity index (χ3n) is 5.12. The van der Waals surface area contributed by atoms with Crippen LogP contribution in [0.4, 0.5) is 9.18 Å². The minimum Gasteiger partial charge on any atom is -0.486 e. The van der Waals surface area contributed by atoms with Crippen LogP contribution in [0.2, 0.25) is 10.0 Å². The van der Waals surface area contributed by atoms with E-state index in [1.165, 1.54) is 23.5 Å². The Kier molecular flexibility index (Phi) is 7.87. The van der Waals surface area contributed by atoms with Crippen molar-refractivity contribution >= 4 is 50.8 Å². The van der Waals surface area contributed by atoms with Crippen LogP contribution >= 0.6 is 34.5 Å². The second kappa shape index (κ2) is 10.8. The fourth-order valence-corrected chi connectivity index (χ4v) is 4.96. The summed E-state index contributed by atoms with van der Waals surface area (Å²) in [5.41, 5.74) is 1.04. The Morgan fingerprint density at radius 3 is 2.88 bits per heavy atom. The van der Waals surface area contributed by atoms with Gasteiger partial charge in [0.1, 0.15) is 17.7 Å². The van der Waals surface area contributed by atoms with E-state index < -0.39 is 18.0 Å². The van der Waals surface area contributed by atoms with Crippen molar-refractivity contribution < 1.29 is 23.4 Å². The van der Waals surface area contributed by atoms with Gasteiger partial charge in [-0.15, -0.1) is 0 Å². The Morgan fingerprint density at radius 1 is 1.30 bits per heavy atom. The van der Waals surface area contributed by atoms with Crippen molar-refractivity contribution in [2.75, 3.05) is 39.4 Å². The molecule has 2 aromatic carbocycles. The van der Waals surface area contributed by atoms with Gasteiger partial charge in [-0.25, -0.2) is 14.2 Å². The number of nitrogens with one attached hydrogen (secondary N) is 1. The summed E-state index contributed by atoms with van der Waals surface area (Å²) in [6.07, 6.45) is -1.14. The molecule has 4 rings (SSSR count). The van der Waals surface area contributed by atoms with Crippen molar-refractivity contribution in [3.8, 4) is 10.9 Å². The van der Waals surface area contributed by atoms with Gasteiger partial charge in [0.05, 0.1) is 28.5 Å². The molecule has 2 heterocycles. The number of amides is 1. The van der Waals surface area contributed by atoms with Crippen molar-refractivity contribution in [1.82, 2.24) is 15.2 Å². The Bertz CT molecular complexity index is 1140. The van der Waals surface area contributed by atoms with Crippen molar-refractivity contribution in [3.05, 3.63) is 51.8 Å². The number of carbonyl (C=O) groups is 1. The summed E-state index contributed by atoms with van der Waals surface area (Å²) in [5.74, 6) is -0.0361. The van der Waals surface area contributed by atoms with Gasteiger partial charge in [-0.2, -0.15) is 0 Å². The van der Waals surface area contributed by atoms with E-state index in [0.717, 1.165) is 24.3 Å². The highest BCUT2D eigenvalue weighted by Gasteiger charge is 2.19. The summed E-state index contributed by atoms with van der Waals surface area (Å²) in [6, 6.07) is 7.91. The molecule has 1 aliphatic rings. The number of morpholine rings is 1. The van der Waals surface area contributed by atoms with Crippen LogP contribution < -0.4 is 14.8 Å². The Hall–Kier alpha value is -2.17. The number of rotatable bonds is 7. The minimum atomic E-state index is -0.584. The number of carbonyl (C=O) groups excluding carboxylic acids is 1. The number of benzene rings is 2. The van der Waals surface area contributed by atoms with Gasteiger partial charge in [-0.3, -0.25) is 4.90 Å². The number of halogens is 3. The van der Waals surface area contributed by atoms with Crippen LogP contribution in [-0.4, -0.2) is 55.4 Å². The lowest BCUT2D eigenvalue weighted by atomic mass is 10.1. The van der Waals surface area contributed by atoms with Gasteiger partial charge in [-0.05, 0) is 37.3 Å². The van der Waals surface area contributed by atoms with Crippen LogP contribution in [-0.2, 0) is 4.74 Å². The summed E-state index contributed by atoms with van der Waals surface area (Å²) in [5, 5.41) is 3.22. The molecule has 1 atom stereocenters. The van der Waals surface area contributed by atoms with E-state index in [1.54, 1.807) is 25.1 Å². The minimum absolute atomic E-state index is 0.0656. The molecular formula is C22H22Cl2FN3O4S. The van der Waals surface area contributed by atoms with E-state index in [9.17, 15) is 9.18 Å². The van der Waals surface area contributed by atoms with Crippen LogP contribution in [0.1, 0.15) is 18.6 Å². The smallest absolute Gasteiger partial charge is 0.414 e. The van der Waals surface area contributed by atoms with Crippen molar-refractivity contribution in [2.45, 2.75) is 13.0 Å². The fourth-order valence-electron chi connectivity index (χ4n) is 3.44. The Balaban J connectivity index is 1.36. The molecule has 33 heavy (non-hydrogen) atoms. The van der Waals surface area contributed by atoms with Gasteiger partial charge in [0, 0.05) is 36.8 Å². The lowest BCUT2D eigenvalue weighted by Crippen LogP contribution is -2.41. The first kappa shape index (κ1) is 24.0. The second-order valence-corrected chi connectivity index (χ2v) is 9.17. The molecule has 7 nitrogen and oxygen atoms in total. The van der Waals surface area contributed by atoms with E-state index in [4.69, 9.17) is 37.4 Å². The van der Waals surface area contributed by atoms with Crippen LogP contribution in [0.5, 0.6) is 10.9 Å². The molecule has 3 aromatic rings. The molecule has 1 unspecified atom stereocenters. The number of hydrogen-bond acceptors (Lipinski definition) is 7. The number of fused-ring (bicyclic) bond motifs is 1. The molecular weight excluding hydrogens is 492 g/mol. The van der Waals surface area contributed by atoms with E-state index in [0.29, 0.717) is 41.6 Å². The molecule has 0 radical (unpaired) electrons. The highest BCUT2D eigenvalue weighted by Crippen LogP contribution is 2.36. The predicted molar refractivity (Wildman–Crippen MR) is 126 cm³/mol. The zero-order valence-corrected chi connectivity index (χ0v) is 20.1. The molecule has 1 aromatic heterocycles. The lowest BCUT2D eigenvalue weighted by Gasteiger charge is -2.26. The van der Waals surface area contributed by atoms with Crippen LogP contribution in [0.25, 0.3) is 10.2 Å². The average Bonchev–Trinajstić information content (AvgIpc) is 3.18. The van der Waals surface area contributed by atoms with Crippen molar-refractivity contribution in [1.29, 1.82) is 0 Å². The molecule has 0 spiro atoms. The average molecular weight is 514 g/mol. The number of nitrogens with zero attached hydrogens (tertiary/aromatic N) is 2. The summed E-state index contributed by atoms with van der Waals surface area (Å²) in [7, 11) is 0.